The maximum Gasteiger partial charge on any atom is 0.321 e. The van der Waals surface area contributed by atoms with E-state index in [2.05, 4.69) is 25.7 Å². The van der Waals surface area contributed by atoms with Gasteiger partial charge in [0.15, 0.2) is 0 Å². The third-order valence-electron chi connectivity index (χ3n) is 4.58. The van der Waals surface area contributed by atoms with Crippen molar-refractivity contribution in [3.8, 4) is 5.69 Å². The van der Waals surface area contributed by atoms with E-state index >= 15 is 0 Å². The molecule has 0 saturated carbocycles. The molecule has 8 heteroatoms. The Labute approximate surface area is 162 Å². The zero-order chi connectivity index (χ0) is 18.6. The van der Waals surface area contributed by atoms with E-state index in [0.29, 0.717) is 13.1 Å². The number of nitrogens with zero attached hydrogens (tertiary/aromatic N) is 5. The minimum Gasteiger partial charge on any atom is -0.322 e. The first-order valence-electron chi connectivity index (χ1n) is 8.97. The number of aryl methyl sites for hydroxylation is 1. The number of hydrogen-bond donors (Lipinski definition) is 1. The normalized spacial score (nSPS) is 15.1. The summed E-state index contributed by atoms with van der Waals surface area (Å²) < 4.78 is 1.77. The molecule has 0 radical (unpaired) electrons. The zero-order valence-electron chi connectivity index (χ0n) is 15.2. The van der Waals surface area contributed by atoms with Gasteiger partial charge < -0.3 is 10.2 Å². The van der Waals surface area contributed by atoms with Gasteiger partial charge in [-0.25, -0.2) is 14.5 Å². The van der Waals surface area contributed by atoms with Crippen LogP contribution >= 0.6 is 11.3 Å². The molecule has 27 heavy (non-hydrogen) atoms. The molecule has 0 aliphatic carbocycles. The summed E-state index contributed by atoms with van der Waals surface area (Å²) in [6, 6.07) is 9.51. The van der Waals surface area contributed by atoms with E-state index in [1.807, 2.05) is 48.4 Å². The van der Waals surface area contributed by atoms with E-state index in [1.165, 1.54) is 0 Å². The smallest absolute Gasteiger partial charge is 0.321 e. The first kappa shape index (κ1) is 17.7. The number of benzene rings is 1. The van der Waals surface area contributed by atoms with Gasteiger partial charge in [-0.05, 0) is 31.2 Å². The summed E-state index contributed by atoms with van der Waals surface area (Å²) in [6.45, 7) is 6.03. The fourth-order valence-corrected chi connectivity index (χ4v) is 3.77. The molecule has 0 spiro atoms. The van der Waals surface area contributed by atoms with Crippen LogP contribution in [0.5, 0.6) is 0 Å². The molecule has 140 valence electrons. The highest BCUT2D eigenvalue weighted by Crippen LogP contribution is 2.16. The second-order valence-electron chi connectivity index (χ2n) is 6.55. The van der Waals surface area contributed by atoms with Crippen molar-refractivity contribution in [2.24, 2.45) is 0 Å². The number of carbonyl (C=O) groups is 1. The molecule has 2 amide bonds. The first-order valence-corrected chi connectivity index (χ1v) is 9.85. The van der Waals surface area contributed by atoms with Crippen LogP contribution in [-0.2, 0) is 6.54 Å². The van der Waals surface area contributed by atoms with Crippen molar-refractivity contribution in [2.45, 2.75) is 13.5 Å². The van der Waals surface area contributed by atoms with Crippen LogP contribution in [0, 0.1) is 6.92 Å². The molecular weight excluding hydrogens is 360 g/mol. The van der Waals surface area contributed by atoms with E-state index in [9.17, 15) is 4.79 Å². The summed E-state index contributed by atoms with van der Waals surface area (Å²) in [6.07, 6.45) is 3.61. The average molecular weight is 382 g/mol. The number of anilines is 1. The summed E-state index contributed by atoms with van der Waals surface area (Å²) in [5, 5.41) is 10.4. The lowest BCUT2D eigenvalue weighted by Gasteiger charge is -2.34. The monoisotopic (exact) mass is 382 g/mol. The van der Waals surface area contributed by atoms with Crippen LogP contribution in [0.4, 0.5) is 10.5 Å². The summed E-state index contributed by atoms with van der Waals surface area (Å²) in [4.78, 5) is 21.3. The molecule has 1 aliphatic heterocycles. The molecule has 0 atom stereocenters. The Balaban J connectivity index is 1.31. The van der Waals surface area contributed by atoms with E-state index in [1.54, 1.807) is 22.2 Å². The predicted octanol–water partition coefficient (Wildman–Crippen LogP) is 2.99. The third-order valence-corrected chi connectivity index (χ3v) is 5.40. The molecule has 0 bridgehead atoms. The Kier molecular flexibility index (Phi) is 5.17. The highest BCUT2D eigenvalue weighted by molar-refractivity contribution is 7.09. The molecule has 7 nitrogen and oxygen atoms in total. The molecule has 1 saturated heterocycles. The van der Waals surface area contributed by atoms with Gasteiger partial charge in [0.1, 0.15) is 0 Å². The highest BCUT2D eigenvalue weighted by Gasteiger charge is 2.21. The number of amides is 2. The van der Waals surface area contributed by atoms with Crippen molar-refractivity contribution in [3.63, 3.8) is 0 Å². The van der Waals surface area contributed by atoms with Gasteiger partial charge in [-0.2, -0.15) is 5.10 Å². The molecule has 1 aliphatic rings. The van der Waals surface area contributed by atoms with Gasteiger partial charge in [0.2, 0.25) is 0 Å². The lowest BCUT2D eigenvalue weighted by molar-refractivity contribution is 0.142. The second-order valence-corrected chi connectivity index (χ2v) is 7.61. The Hall–Kier alpha value is -2.71. The molecule has 4 rings (SSSR count). The molecule has 0 unspecified atom stereocenters. The van der Waals surface area contributed by atoms with Gasteiger partial charge in [-0.3, -0.25) is 4.90 Å². The average Bonchev–Trinajstić information content (AvgIpc) is 3.35. The van der Waals surface area contributed by atoms with E-state index in [-0.39, 0.29) is 6.03 Å². The largest absolute Gasteiger partial charge is 0.322 e. The first-order chi connectivity index (χ1) is 13.2. The third kappa shape index (κ3) is 4.35. The van der Waals surface area contributed by atoms with E-state index in [4.69, 9.17) is 0 Å². The summed E-state index contributed by atoms with van der Waals surface area (Å²) in [5.41, 5.74) is 2.81. The Morgan fingerprint density at radius 2 is 2.07 bits per heavy atom. The Bertz CT molecular complexity index is 899. The minimum atomic E-state index is -0.0585. The second kappa shape index (κ2) is 7.89. The molecule has 3 aromatic rings. The topological polar surface area (TPSA) is 66.3 Å². The van der Waals surface area contributed by atoms with E-state index in [0.717, 1.165) is 41.7 Å². The molecule has 3 heterocycles. The van der Waals surface area contributed by atoms with Crippen LogP contribution in [0.1, 0.15) is 10.7 Å². The maximum absolute atomic E-state index is 12.6. The van der Waals surface area contributed by atoms with Gasteiger partial charge in [0.05, 0.1) is 16.4 Å². The van der Waals surface area contributed by atoms with Crippen molar-refractivity contribution >= 4 is 23.1 Å². The lowest BCUT2D eigenvalue weighted by Crippen LogP contribution is -2.49. The summed E-state index contributed by atoms with van der Waals surface area (Å²) in [7, 11) is 0. The SMILES string of the molecule is Cc1nc(CN2CCN(C(=O)Nc3cccc(-n4cccn4)c3)CC2)cs1. The van der Waals surface area contributed by atoms with Crippen LogP contribution in [0.25, 0.3) is 5.69 Å². The standard InChI is InChI=1S/C19H22N6OS/c1-15-21-17(14-27-15)13-23-8-10-24(11-9-23)19(26)22-16-4-2-5-18(12-16)25-7-3-6-20-25/h2-7,12,14H,8-11,13H2,1H3,(H,22,26). The van der Waals surface area contributed by atoms with Crippen LogP contribution < -0.4 is 5.32 Å². The van der Waals surface area contributed by atoms with Gasteiger partial charge in [0.25, 0.3) is 0 Å². The van der Waals surface area contributed by atoms with Crippen molar-refractivity contribution in [3.05, 3.63) is 58.8 Å². The van der Waals surface area contributed by atoms with Gasteiger partial charge in [0, 0.05) is 56.2 Å². The number of aromatic nitrogens is 3. The number of thiazole rings is 1. The molecule has 1 aromatic carbocycles. The Morgan fingerprint density at radius 1 is 1.22 bits per heavy atom. The Morgan fingerprint density at radius 3 is 2.78 bits per heavy atom. The van der Waals surface area contributed by atoms with Crippen molar-refractivity contribution in [2.75, 3.05) is 31.5 Å². The fourth-order valence-electron chi connectivity index (χ4n) is 3.17. The number of piperazine rings is 1. The quantitative estimate of drug-likeness (QED) is 0.753. The predicted molar refractivity (Wildman–Crippen MR) is 106 cm³/mol. The van der Waals surface area contributed by atoms with Crippen molar-refractivity contribution in [1.29, 1.82) is 0 Å². The number of urea groups is 1. The van der Waals surface area contributed by atoms with E-state index < -0.39 is 0 Å². The van der Waals surface area contributed by atoms with Crippen LogP contribution in [0.15, 0.2) is 48.1 Å². The molecule has 1 fully saturated rings. The number of nitrogens with one attached hydrogen (secondary N) is 1. The number of carbonyl (C=O) groups excluding carboxylic acids is 1. The summed E-state index contributed by atoms with van der Waals surface area (Å²) in [5.74, 6) is 0. The molecular formula is C19H22N6OS. The molecule has 1 N–H and O–H groups in total. The number of hydrogen-bond acceptors (Lipinski definition) is 5. The van der Waals surface area contributed by atoms with Crippen LogP contribution in [0.2, 0.25) is 0 Å². The van der Waals surface area contributed by atoms with Crippen LogP contribution in [-0.4, -0.2) is 56.8 Å². The van der Waals surface area contributed by atoms with Gasteiger partial charge >= 0.3 is 6.03 Å². The molecule has 2 aromatic heterocycles. The lowest BCUT2D eigenvalue weighted by atomic mass is 10.2. The van der Waals surface area contributed by atoms with Crippen LogP contribution in [0.3, 0.4) is 0 Å². The maximum atomic E-state index is 12.6. The zero-order valence-corrected chi connectivity index (χ0v) is 16.0. The van der Waals surface area contributed by atoms with Gasteiger partial charge in [-0.1, -0.05) is 6.07 Å². The van der Waals surface area contributed by atoms with Crippen molar-refractivity contribution in [1.82, 2.24) is 24.6 Å². The number of rotatable bonds is 4. The summed E-state index contributed by atoms with van der Waals surface area (Å²) >= 11 is 1.68. The fraction of sp³-hybridized carbons (Fsp3) is 0.316. The van der Waals surface area contributed by atoms with Crippen molar-refractivity contribution < 1.29 is 4.79 Å². The minimum absolute atomic E-state index is 0.0585. The highest BCUT2D eigenvalue weighted by atomic mass is 32.1. The van der Waals surface area contributed by atoms with Gasteiger partial charge in [-0.15, -0.1) is 11.3 Å².